The second kappa shape index (κ2) is 5.13. The Hall–Kier alpha value is -1.07. The van der Waals surface area contributed by atoms with E-state index in [0.717, 1.165) is 12.8 Å². The third-order valence-corrected chi connectivity index (χ3v) is 4.51. The zero-order valence-electron chi connectivity index (χ0n) is 10.8. The van der Waals surface area contributed by atoms with Gasteiger partial charge in [0.2, 0.25) is 5.91 Å². The van der Waals surface area contributed by atoms with Crippen LogP contribution in [0.2, 0.25) is 0 Å². The first-order valence-corrected chi connectivity index (χ1v) is 8.49. The SMILES string of the molecule is CC(C)c1cc(NC(=O)C2CC2)ccc1S(=O)(=O)Cl. The number of rotatable bonds is 4. The number of halogens is 1. The van der Waals surface area contributed by atoms with Crippen LogP contribution < -0.4 is 5.32 Å². The van der Waals surface area contributed by atoms with Gasteiger partial charge >= 0.3 is 0 Å². The Morgan fingerprint density at radius 2 is 2.00 bits per heavy atom. The van der Waals surface area contributed by atoms with E-state index in [2.05, 4.69) is 5.32 Å². The van der Waals surface area contributed by atoms with Gasteiger partial charge in [0.25, 0.3) is 9.05 Å². The lowest BCUT2D eigenvalue weighted by Crippen LogP contribution is -2.14. The minimum Gasteiger partial charge on any atom is -0.326 e. The van der Waals surface area contributed by atoms with Crippen LogP contribution in [0.15, 0.2) is 23.1 Å². The Balaban J connectivity index is 2.33. The van der Waals surface area contributed by atoms with E-state index in [-0.39, 0.29) is 22.6 Å². The van der Waals surface area contributed by atoms with Gasteiger partial charge < -0.3 is 5.32 Å². The maximum Gasteiger partial charge on any atom is 0.261 e. The molecule has 0 radical (unpaired) electrons. The van der Waals surface area contributed by atoms with Crippen molar-refractivity contribution < 1.29 is 13.2 Å². The normalized spacial score (nSPS) is 15.6. The van der Waals surface area contributed by atoms with E-state index >= 15 is 0 Å². The molecular weight excluding hydrogens is 286 g/mol. The van der Waals surface area contributed by atoms with Gasteiger partial charge in [-0.1, -0.05) is 13.8 Å². The first-order valence-electron chi connectivity index (χ1n) is 6.18. The summed E-state index contributed by atoms with van der Waals surface area (Å²) in [6, 6.07) is 4.70. The van der Waals surface area contributed by atoms with Crippen molar-refractivity contribution in [2.45, 2.75) is 37.5 Å². The predicted octanol–water partition coefficient (Wildman–Crippen LogP) is 3.09. The fraction of sp³-hybridized carbons (Fsp3) is 0.462. The highest BCUT2D eigenvalue weighted by Crippen LogP contribution is 2.32. The van der Waals surface area contributed by atoms with Crippen LogP contribution in [-0.4, -0.2) is 14.3 Å². The topological polar surface area (TPSA) is 63.2 Å². The van der Waals surface area contributed by atoms with Crippen molar-refractivity contribution >= 4 is 31.3 Å². The monoisotopic (exact) mass is 301 g/mol. The van der Waals surface area contributed by atoms with Gasteiger partial charge in [-0.25, -0.2) is 8.42 Å². The van der Waals surface area contributed by atoms with E-state index in [1.54, 1.807) is 12.1 Å². The molecule has 0 aliphatic heterocycles. The average molecular weight is 302 g/mol. The summed E-state index contributed by atoms with van der Waals surface area (Å²) in [5, 5.41) is 2.80. The number of hydrogen-bond acceptors (Lipinski definition) is 3. The fourth-order valence-electron chi connectivity index (χ4n) is 1.89. The minimum absolute atomic E-state index is 0.00121. The van der Waals surface area contributed by atoms with E-state index in [1.807, 2.05) is 13.8 Å². The molecule has 1 aliphatic rings. The smallest absolute Gasteiger partial charge is 0.261 e. The van der Waals surface area contributed by atoms with E-state index in [9.17, 15) is 13.2 Å². The maximum absolute atomic E-state index is 11.7. The van der Waals surface area contributed by atoms with Gasteiger partial charge in [0, 0.05) is 22.3 Å². The molecule has 1 amide bonds. The van der Waals surface area contributed by atoms with Crippen LogP contribution in [-0.2, 0) is 13.8 Å². The molecule has 0 aromatic heterocycles. The lowest BCUT2D eigenvalue weighted by Gasteiger charge is -2.13. The lowest BCUT2D eigenvalue weighted by molar-refractivity contribution is -0.117. The second-order valence-electron chi connectivity index (χ2n) is 5.11. The van der Waals surface area contributed by atoms with Crippen LogP contribution in [0.25, 0.3) is 0 Å². The van der Waals surface area contributed by atoms with Crippen molar-refractivity contribution in [3.63, 3.8) is 0 Å². The van der Waals surface area contributed by atoms with Gasteiger partial charge in [-0.3, -0.25) is 4.79 Å². The average Bonchev–Trinajstić information content (AvgIpc) is 3.10. The zero-order chi connectivity index (χ0) is 14.2. The van der Waals surface area contributed by atoms with Crippen molar-refractivity contribution in [1.82, 2.24) is 0 Å². The molecule has 1 fully saturated rings. The molecule has 0 saturated heterocycles. The number of anilines is 1. The molecule has 4 nitrogen and oxygen atoms in total. The number of nitrogens with one attached hydrogen (secondary N) is 1. The van der Waals surface area contributed by atoms with Crippen molar-refractivity contribution in [3.8, 4) is 0 Å². The van der Waals surface area contributed by atoms with Gasteiger partial charge in [0.1, 0.15) is 0 Å². The Kier molecular flexibility index (Phi) is 3.87. The summed E-state index contributed by atoms with van der Waals surface area (Å²) in [6.07, 6.45) is 1.86. The molecule has 1 N–H and O–H groups in total. The van der Waals surface area contributed by atoms with Crippen LogP contribution in [0.1, 0.15) is 38.2 Å². The second-order valence-corrected chi connectivity index (χ2v) is 7.64. The number of benzene rings is 1. The molecule has 0 unspecified atom stereocenters. The molecular formula is C13H16ClNO3S. The van der Waals surface area contributed by atoms with Crippen LogP contribution in [0, 0.1) is 5.92 Å². The van der Waals surface area contributed by atoms with Gasteiger partial charge in [-0.15, -0.1) is 0 Å². The highest BCUT2D eigenvalue weighted by molar-refractivity contribution is 8.13. The third kappa shape index (κ3) is 3.48. The summed E-state index contributed by atoms with van der Waals surface area (Å²) < 4.78 is 23.0. The van der Waals surface area contributed by atoms with E-state index in [1.165, 1.54) is 6.07 Å². The lowest BCUT2D eigenvalue weighted by atomic mass is 10.0. The Morgan fingerprint density at radius 1 is 1.37 bits per heavy atom. The molecule has 0 heterocycles. The largest absolute Gasteiger partial charge is 0.326 e. The zero-order valence-corrected chi connectivity index (χ0v) is 12.4. The van der Waals surface area contributed by atoms with Crippen molar-refractivity contribution in [2.24, 2.45) is 5.92 Å². The number of carbonyl (C=O) groups excluding carboxylic acids is 1. The van der Waals surface area contributed by atoms with E-state index in [4.69, 9.17) is 10.7 Å². The standard InChI is InChI=1S/C13H16ClNO3S/c1-8(2)11-7-10(15-13(16)9-3-4-9)5-6-12(11)19(14,17)18/h5-9H,3-4H2,1-2H3,(H,15,16). The van der Waals surface area contributed by atoms with Crippen molar-refractivity contribution in [1.29, 1.82) is 0 Å². The van der Waals surface area contributed by atoms with Crippen molar-refractivity contribution in [2.75, 3.05) is 5.32 Å². The minimum atomic E-state index is -3.77. The molecule has 2 rings (SSSR count). The molecule has 1 saturated carbocycles. The van der Waals surface area contributed by atoms with Gasteiger partial charge in [-0.05, 0) is 42.5 Å². The highest BCUT2D eigenvalue weighted by Gasteiger charge is 2.29. The molecule has 6 heteroatoms. The summed E-state index contributed by atoms with van der Waals surface area (Å²) in [5.74, 6) is 0.108. The van der Waals surface area contributed by atoms with Crippen LogP contribution in [0.3, 0.4) is 0 Å². The van der Waals surface area contributed by atoms with Gasteiger partial charge in [0.05, 0.1) is 4.90 Å². The van der Waals surface area contributed by atoms with Gasteiger partial charge in [0.15, 0.2) is 0 Å². The quantitative estimate of drug-likeness (QED) is 0.869. The maximum atomic E-state index is 11.7. The number of amides is 1. The molecule has 0 bridgehead atoms. The van der Waals surface area contributed by atoms with Crippen LogP contribution >= 0.6 is 10.7 Å². The summed E-state index contributed by atoms with van der Waals surface area (Å²) in [5.41, 5.74) is 1.23. The van der Waals surface area contributed by atoms with Crippen molar-refractivity contribution in [3.05, 3.63) is 23.8 Å². The Bertz CT molecular complexity index is 606. The third-order valence-electron chi connectivity index (χ3n) is 3.11. The first kappa shape index (κ1) is 14.3. The molecule has 1 aliphatic carbocycles. The Morgan fingerprint density at radius 3 is 2.47 bits per heavy atom. The summed E-state index contributed by atoms with van der Waals surface area (Å²) >= 11 is 0. The molecule has 1 aromatic carbocycles. The van der Waals surface area contributed by atoms with E-state index in [0.29, 0.717) is 11.3 Å². The number of hydrogen-bond donors (Lipinski definition) is 1. The number of carbonyl (C=O) groups is 1. The molecule has 1 aromatic rings. The highest BCUT2D eigenvalue weighted by atomic mass is 35.7. The van der Waals surface area contributed by atoms with Crippen LogP contribution in [0.4, 0.5) is 5.69 Å². The summed E-state index contributed by atoms with van der Waals surface area (Å²) in [7, 11) is 1.64. The molecule has 0 spiro atoms. The fourth-order valence-corrected chi connectivity index (χ4v) is 3.12. The molecule has 0 atom stereocenters. The Labute approximate surface area is 117 Å². The van der Waals surface area contributed by atoms with Gasteiger partial charge in [-0.2, -0.15) is 0 Å². The molecule has 104 valence electrons. The molecule has 19 heavy (non-hydrogen) atoms. The predicted molar refractivity (Wildman–Crippen MR) is 74.9 cm³/mol. The first-order chi connectivity index (χ1) is 8.79. The van der Waals surface area contributed by atoms with Crippen LogP contribution in [0.5, 0.6) is 0 Å². The summed E-state index contributed by atoms with van der Waals surface area (Å²) in [4.78, 5) is 11.8. The van der Waals surface area contributed by atoms with E-state index < -0.39 is 9.05 Å². The summed E-state index contributed by atoms with van der Waals surface area (Å²) in [6.45, 7) is 3.76.